The van der Waals surface area contributed by atoms with Crippen molar-refractivity contribution in [1.82, 2.24) is 4.90 Å². The third kappa shape index (κ3) is 5.20. The molecule has 3 aromatic carbocycles. The Kier molecular flexibility index (Phi) is 7.05. The van der Waals surface area contributed by atoms with Gasteiger partial charge >= 0.3 is 19.1 Å². The van der Waals surface area contributed by atoms with E-state index in [1.54, 1.807) is 24.1 Å². The van der Waals surface area contributed by atoms with Crippen LogP contribution in [0.1, 0.15) is 17.2 Å². The molecule has 2 atom stereocenters. The van der Waals surface area contributed by atoms with Crippen LogP contribution < -0.4 is 4.90 Å². The molecule has 11 heteroatoms. The predicted molar refractivity (Wildman–Crippen MR) is 143 cm³/mol. The number of hydrogen-bond acceptors (Lipinski definition) is 7. The van der Waals surface area contributed by atoms with Crippen molar-refractivity contribution in [2.45, 2.75) is 23.7 Å². The summed E-state index contributed by atoms with van der Waals surface area (Å²) < 4.78 is 42.4. The first-order valence-electron chi connectivity index (χ1n) is 12.1. The summed E-state index contributed by atoms with van der Waals surface area (Å²) in [5.41, 5.74) is 2.42. The highest BCUT2D eigenvalue weighted by atomic mass is 32.2. The van der Waals surface area contributed by atoms with Crippen LogP contribution in [0.25, 0.3) is 0 Å². The highest BCUT2D eigenvalue weighted by Crippen LogP contribution is 2.50. The van der Waals surface area contributed by atoms with Gasteiger partial charge in [-0.05, 0) is 43.8 Å². The zero-order valence-corrected chi connectivity index (χ0v) is 21.7. The number of para-hydroxylation sites is 1. The number of hydrogen-bond donors (Lipinski definition) is 0. The summed E-state index contributed by atoms with van der Waals surface area (Å²) in [7, 11) is -3.90. The third-order valence-corrected chi connectivity index (χ3v) is 7.75. The lowest BCUT2D eigenvalue weighted by Crippen LogP contribution is -2.60. The average molecular weight is 531 g/mol. The zero-order chi connectivity index (χ0) is 26.9. The summed E-state index contributed by atoms with van der Waals surface area (Å²) in [5, 5.41) is 0. The van der Waals surface area contributed by atoms with Gasteiger partial charge in [-0.25, -0.2) is 0 Å². The van der Waals surface area contributed by atoms with Crippen LogP contribution in [0.4, 0.5) is 5.69 Å². The molecule has 0 spiro atoms. The molecule has 0 aliphatic carbocycles. The average Bonchev–Trinajstić information content (AvgIpc) is 2.86. The van der Waals surface area contributed by atoms with E-state index in [9.17, 15) is 18.0 Å². The van der Waals surface area contributed by atoms with Crippen molar-refractivity contribution in [3.8, 4) is 0 Å². The van der Waals surface area contributed by atoms with E-state index in [2.05, 4.69) is 4.40 Å². The van der Waals surface area contributed by atoms with Gasteiger partial charge in [0.25, 0.3) is 10.0 Å². The van der Waals surface area contributed by atoms with Crippen LogP contribution in [0.2, 0.25) is 5.82 Å². The number of carbonyl (C=O) groups excluding carboxylic acids is 2. The summed E-state index contributed by atoms with van der Waals surface area (Å²) in [6.07, 6.45) is 0. The highest BCUT2D eigenvalue weighted by molar-refractivity contribution is 7.90. The summed E-state index contributed by atoms with van der Waals surface area (Å²) in [5.74, 6) is -1.93. The molecule has 0 aromatic heterocycles. The van der Waals surface area contributed by atoms with E-state index in [4.69, 9.17) is 9.31 Å². The molecule has 0 N–H and O–H groups in total. The van der Waals surface area contributed by atoms with E-state index in [0.29, 0.717) is 5.69 Å². The second-order valence-electron chi connectivity index (χ2n) is 9.34. The van der Waals surface area contributed by atoms with Crippen molar-refractivity contribution < 1.29 is 27.3 Å². The molecule has 2 fully saturated rings. The van der Waals surface area contributed by atoms with Crippen LogP contribution in [0.15, 0.2) is 94.2 Å². The molecule has 2 aliphatic heterocycles. The first-order valence-corrected chi connectivity index (χ1v) is 13.6. The molecule has 0 amide bonds. The topological polar surface area (TPSA) is 106 Å². The smallest absolute Gasteiger partial charge is 0.498 e. The number of amidine groups is 1. The van der Waals surface area contributed by atoms with Crippen molar-refractivity contribution in [2.24, 2.45) is 4.40 Å². The molecular weight excluding hydrogens is 505 g/mol. The molecule has 0 radical (unpaired) electrons. The number of nitrogens with zero attached hydrogens (tertiary/aromatic N) is 3. The Morgan fingerprint density at radius 3 is 1.97 bits per heavy atom. The van der Waals surface area contributed by atoms with Crippen LogP contribution in [-0.2, 0) is 28.9 Å². The van der Waals surface area contributed by atoms with Crippen LogP contribution in [0.3, 0.4) is 0 Å². The van der Waals surface area contributed by atoms with Crippen LogP contribution in [-0.4, -0.2) is 58.3 Å². The second kappa shape index (κ2) is 10.4. The van der Waals surface area contributed by atoms with Gasteiger partial charge in [0.15, 0.2) is 0 Å². The van der Waals surface area contributed by atoms with Crippen molar-refractivity contribution in [2.75, 3.05) is 25.0 Å². The maximum Gasteiger partial charge on any atom is 0.612 e. The van der Waals surface area contributed by atoms with E-state index in [0.717, 1.165) is 11.1 Å². The van der Waals surface area contributed by atoms with Gasteiger partial charge in [-0.15, -0.1) is 4.40 Å². The lowest BCUT2D eigenvalue weighted by molar-refractivity contribution is -0.145. The first kappa shape index (κ1) is 25.7. The molecule has 0 saturated carbocycles. The van der Waals surface area contributed by atoms with E-state index >= 15 is 0 Å². The molecular formula is C27H26BN3O6S. The fraction of sp³-hybridized carbons (Fsp3) is 0.222. The summed E-state index contributed by atoms with van der Waals surface area (Å²) in [6.45, 7) is 1.65. The molecule has 2 aliphatic rings. The zero-order valence-electron chi connectivity index (χ0n) is 20.9. The maximum atomic E-state index is 13.5. The summed E-state index contributed by atoms with van der Waals surface area (Å²) >= 11 is 0. The monoisotopic (exact) mass is 531 g/mol. The molecule has 0 bridgehead atoms. The van der Waals surface area contributed by atoms with Gasteiger partial charge in [-0.2, -0.15) is 8.42 Å². The quantitative estimate of drug-likeness (QED) is 0.463. The molecule has 3 aromatic rings. The van der Waals surface area contributed by atoms with Crippen molar-refractivity contribution >= 4 is 40.6 Å². The largest absolute Gasteiger partial charge is 0.612 e. The minimum Gasteiger partial charge on any atom is -0.498 e. The molecule has 2 saturated heterocycles. The number of carbonyl (C=O) groups is 2. The number of aryl methyl sites for hydroxylation is 1. The summed E-state index contributed by atoms with van der Waals surface area (Å²) in [4.78, 5) is 28.5. The van der Waals surface area contributed by atoms with Crippen LogP contribution >= 0.6 is 0 Å². The molecule has 9 nitrogen and oxygen atoms in total. The SMILES string of the molecule is Cc1ccc(S(=O)(=O)/N=C2\C(B3OC(=O)CN(C)CC(=O)O3)[C@@H](c3ccccc3)N2c2ccccc2)cc1. The Morgan fingerprint density at radius 1 is 0.842 bits per heavy atom. The summed E-state index contributed by atoms with van der Waals surface area (Å²) in [6, 6.07) is 24.4. The van der Waals surface area contributed by atoms with E-state index in [1.807, 2.05) is 67.6 Å². The van der Waals surface area contributed by atoms with Gasteiger partial charge in [0.05, 0.1) is 24.0 Å². The van der Waals surface area contributed by atoms with E-state index in [-0.39, 0.29) is 23.8 Å². The van der Waals surface area contributed by atoms with Gasteiger partial charge in [-0.1, -0.05) is 66.2 Å². The lowest BCUT2D eigenvalue weighted by Gasteiger charge is -2.50. The number of sulfonamides is 1. The standard InChI is InChI=1S/C27H26BN3O6S/c1-19-13-15-22(16-14-19)38(34,35)29-27-25(28-36-23(32)17-30(2)18-24(33)37-28)26(20-9-5-3-6-10-20)31(27)21-11-7-4-8-12-21/h3-16,25-26H,17-18H2,1-2H3/b29-27+/t25?,26-/m1/s1. The van der Waals surface area contributed by atoms with Crippen molar-refractivity contribution in [3.63, 3.8) is 0 Å². The normalized spacial score (nSPS) is 21.8. The van der Waals surface area contributed by atoms with Crippen molar-refractivity contribution in [1.29, 1.82) is 0 Å². The fourth-order valence-corrected chi connectivity index (χ4v) is 5.71. The van der Waals surface area contributed by atoms with Gasteiger partial charge in [0.2, 0.25) is 0 Å². The number of anilines is 1. The Hall–Kier alpha value is -3.96. The lowest BCUT2D eigenvalue weighted by atomic mass is 9.59. The predicted octanol–water partition coefficient (Wildman–Crippen LogP) is 3.23. The number of likely N-dealkylation sites (N-methyl/N-ethyl adjacent to an activating group) is 1. The van der Waals surface area contributed by atoms with Gasteiger partial charge < -0.3 is 14.2 Å². The van der Waals surface area contributed by atoms with E-state index < -0.39 is 40.9 Å². The first-order chi connectivity index (χ1) is 18.2. The molecule has 1 unspecified atom stereocenters. The molecule has 194 valence electrons. The highest BCUT2D eigenvalue weighted by Gasteiger charge is 2.59. The minimum atomic E-state index is -4.15. The Labute approximate surface area is 221 Å². The van der Waals surface area contributed by atoms with Gasteiger partial charge in [0.1, 0.15) is 11.7 Å². The Morgan fingerprint density at radius 2 is 1.39 bits per heavy atom. The molecule has 2 heterocycles. The molecule has 5 rings (SSSR count). The van der Waals surface area contributed by atoms with E-state index in [1.165, 1.54) is 17.0 Å². The minimum absolute atomic E-state index is 0.0267. The third-order valence-electron chi connectivity index (χ3n) is 6.46. The van der Waals surface area contributed by atoms with Crippen LogP contribution in [0.5, 0.6) is 0 Å². The number of benzene rings is 3. The van der Waals surface area contributed by atoms with Crippen LogP contribution in [0, 0.1) is 6.92 Å². The second-order valence-corrected chi connectivity index (χ2v) is 10.9. The van der Waals surface area contributed by atoms with Crippen molar-refractivity contribution in [3.05, 3.63) is 96.1 Å². The maximum absolute atomic E-state index is 13.5. The van der Waals surface area contributed by atoms with Gasteiger partial charge in [-0.3, -0.25) is 14.5 Å². The fourth-order valence-electron chi connectivity index (χ4n) is 4.67. The molecule has 38 heavy (non-hydrogen) atoms. The Balaban J connectivity index is 1.65. The van der Waals surface area contributed by atoms with Gasteiger partial charge in [0, 0.05) is 5.69 Å². The number of rotatable bonds is 5. The Bertz CT molecular complexity index is 1450.